The lowest BCUT2D eigenvalue weighted by Crippen LogP contribution is -2.21. The molecule has 0 spiro atoms. The third-order valence-electron chi connectivity index (χ3n) is 1.87. The standard InChI is InChI=1S/C9H8N2O3S/c12-9(13)5-8-10-6-3-1-2-4-7(6)15(14)11-8/h1-4H,5H2,(H,10,11)(H,12,13). The van der Waals surface area contributed by atoms with Gasteiger partial charge < -0.3 is 10.4 Å². The number of hydrogen-bond donors (Lipinski definition) is 2. The van der Waals surface area contributed by atoms with Crippen molar-refractivity contribution in [2.24, 2.45) is 4.40 Å². The molecule has 1 heterocycles. The Morgan fingerprint density at radius 3 is 2.93 bits per heavy atom. The number of carboxylic acid groups (broad SMARTS) is 1. The van der Waals surface area contributed by atoms with E-state index >= 15 is 0 Å². The second kappa shape index (κ2) is 3.82. The Morgan fingerprint density at radius 2 is 2.20 bits per heavy atom. The molecule has 0 amide bonds. The van der Waals surface area contributed by atoms with Gasteiger partial charge in [0.05, 0.1) is 10.6 Å². The number of rotatable bonds is 2. The van der Waals surface area contributed by atoms with Crippen molar-refractivity contribution in [3.05, 3.63) is 24.3 Å². The fourth-order valence-electron chi connectivity index (χ4n) is 1.27. The van der Waals surface area contributed by atoms with Gasteiger partial charge >= 0.3 is 5.97 Å². The van der Waals surface area contributed by atoms with E-state index in [1.807, 2.05) is 0 Å². The summed E-state index contributed by atoms with van der Waals surface area (Å²) in [5.41, 5.74) is 0.655. The summed E-state index contributed by atoms with van der Waals surface area (Å²) in [4.78, 5) is 11.0. The minimum absolute atomic E-state index is 0.222. The Kier molecular flexibility index (Phi) is 2.51. The molecule has 1 aliphatic heterocycles. The second-order valence-electron chi connectivity index (χ2n) is 2.98. The van der Waals surface area contributed by atoms with Gasteiger partial charge in [0.15, 0.2) is 11.0 Å². The summed E-state index contributed by atoms with van der Waals surface area (Å²) in [6.07, 6.45) is -0.250. The number of benzene rings is 1. The number of carboxylic acids is 1. The molecule has 0 saturated heterocycles. The Labute approximate surface area is 88.4 Å². The second-order valence-corrected chi connectivity index (χ2v) is 4.10. The highest BCUT2D eigenvalue weighted by molar-refractivity contribution is 7.84. The van der Waals surface area contributed by atoms with Gasteiger partial charge in [0, 0.05) is 0 Å². The highest BCUT2D eigenvalue weighted by Crippen LogP contribution is 2.24. The van der Waals surface area contributed by atoms with E-state index in [1.165, 1.54) is 0 Å². The van der Waals surface area contributed by atoms with Gasteiger partial charge in [0.1, 0.15) is 12.3 Å². The van der Waals surface area contributed by atoms with Gasteiger partial charge in [-0.1, -0.05) is 12.1 Å². The van der Waals surface area contributed by atoms with Crippen molar-refractivity contribution >= 4 is 28.5 Å². The Morgan fingerprint density at radius 1 is 1.47 bits per heavy atom. The number of aliphatic carboxylic acids is 1. The Balaban J connectivity index is 2.31. The van der Waals surface area contributed by atoms with E-state index in [0.29, 0.717) is 10.6 Å². The zero-order valence-corrected chi connectivity index (χ0v) is 8.45. The molecule has 6 heteroatoms. The van der Waals surface area contributed by atoms with Crippen LogP contribution in [0.2, 0.25) is 0 Å². The highest BCUT2D eigenvalue weighted by atomic mass is 32.2. The molecule has 0 aliphatic carbocycles. The van der Waals surface area contributed by atoms with Gasteiger partial charge in [-0.3, -0.25) is 4.79 Å². The average Bonchev–Trinajstić information content (AvgIpc) is 2.16. The summed E-state index contributed by atoms with van der Waals surface area (Å²) in [7, 11) is -1.50. The van der Waals surface area contributed by atoms with Crippen LogP contribution in [0.15, 0.2) is 33.6 Å². The third-order valence-corrected chi connectivity index (χ3v) is 2.98. The van der Waals surface area contributed by atoms with Crippen LogP contribution < -0.4 is 5.32 Å². The predicted molar refractivity (Wildman–Crippen MR) is 56.2 cm³/mol. The van der Waals surface area contributed by atoms with E-state index in [1.54, 1.807) is 24.3 Å². The first-order valence-corrected chi connectivity index (χ1v) is 5.35. The van der Waals surface area contributed by atoms with E-state index in [0.717, 1.165) is 0 Å². The fraction of sp³-hybridized carbons (Fsp3) is 0.111. The van der Waals surface area contributed by atoms with Crippen LogP contribution in [-0.2, 0) is 15.8 Å². The normalized spacial score (nSPS) is 18.7. The van der Waals surface area contributed by atoms with Gasteiger partial charge in [0.2, 0.25) is 0 Å². The number of hydrogen-bond acceptors (Lipinski definition) is 3. The van der Waals surface area contributed by atoms with Crippen LogP contribution in [0.4, 0.5) is 5.69 Å². The first-order chi connectivity index (χ1) is 7.16. The van der Waals surface area contributed by atoms with Crippen LogP contribution in [-0.4, -0.2) is 21.1 Å². The molecule has 2 N–H and O–H groups in total. The highest BCUT2D eigenvalue weighted by Gasteiger charge is 2.18. The van der Waals surface area contributed by atoms with Gasteiger partial charge in [-0.2, -0.15) is 4.40 Å². The van der Waals surface area contributed by atoms with E-state index in [4.69, 9.17) is 5.11 Å². The Hall–Kier alpha value is -1.69. The third kappa shape index (κ3) is 2.04. The molecule has 1 aromatic carbocycles. The molecule has 1 aliphatic rings. The topological polar surface area (TPSA) is 78.8 Å². The largest absolute Gasteiger partial charge is 0.481 e. The lowest BCUT2D eigenvalue weighted by atomic mass is 10.3. The number of anilines is 1. The van der Waals surface area contributed by atoms with Crippen molar-refractivity contribution in [2.75, 3.05) is 5.32 Å². The number of amidine groups is 1. The van der Waals surface area contributed by atoms with Gasteiger partial charge in [0.25, 0.3) is 0 Å². The fourth-order valence-corrected chi connectivity index (χ4v) is 2.18. The van der Waals surface area contributed by atoms with E-state index < -0.39 is 17.0 Å². The molecule has 78 valence electrons. The number of nitrogens with one attached hydrogen (secondary N) is 1. The van der Waals surface area contributed by atoms with Crippen molar-refractivity contribution in [1.29, 1.82) is 0 Å². The quantitative estimate of drug-likeness (QED) is 0.785. The smallest absolute Gasteiger partial charge is 0.311 e. The number of carbonyl (C=O) groups is 1. The van der Waals surface area contributed by atoms with E-state index in [-0.39, 0.29) is 12.3 Å². The van der Waals surface area contributed by atoms with Crippen molar-refractivity contribution in [2.45, 2.75) is 11.3 Å². The van der Waals surface area contributed by atoms with Gasteiger partial charge in [-0.25, -0.2) is 4.21 Å². The lowest BCUT2D eigenvalue weighted by molar-refractivity contribution is -0.135. The van der Waals surface area contributed by atoms with Crippen molar-refractivity contribution in [3.8, 4) is 0 Å². The summed E-state index contributed by atoms with van der Waals surface area (Å²) in [5.74, 6) is -0.780. The predicted octanol–water partition coefficient (Wildman–Crippen LogP) is 1.01. The Bertz CT molecular complexity index is 470. The minimum Gasteiger partial charge on any atom is -0.481 e. The first kappa shape index (κ1) is 9.85. The molecule has 0 bridgehead atoms. The monoisotopic (exact) mass is 224 g/mol. The molecule has 1 atom stereocenters. The molecular weight excluding hydrogens is 216 g/mol. The summed E-state index contributed by atoms with van der Waals surface area (Å²) >= 11 is 0. The molecule has 2 rings (SSSR count). The first-order valence-electron chi connectivity index (χ1n) is 4.24. The van der Waals surface area contributed by atoms with Crippen LogP contribution in [0.1, 0.15) is 6.42 Å². The zero-order valence-electron chi connectivity index (χ0n) is 7.64. The van der Waals surface area contributed by atoms with Crippen molar-refractivity contribution < 1.29 is 14.1 Å². The van der Waals surface area contributed by atoms with Gasteiger partial charge in [-0.05, 0) is 12.1 Å². The van der Waals surface area contributed by atoms with Crippen molar-refractivity contribution in [1.82, 2.24) is 0 Å². The minimum atomic E-state index is -1.50. The molecule has 0 aromatic heterocycles. The molecule has 1 unspecified atom stereocenters. The molecule has 15 heavy (non-hydrogen) atoms. The van der Waals surface area contributed by atoms with E-state index in [9.17, 15) is 9.00 Å². The number of fused-ring (bicyclic) bond motifs is 1. The summed E-state index contributed by atoms with van der Waals surface area (Å²) in [6, 6.07) is 6.98. The summed E-state index contributed by atoms with van der Waals surface area (Å²) < 4.78 is 15.3. The van der Waals surface area contributed by atoms with Crippen LogP contribution in [0.25, 0.3) is 0 Å². The maximum absolute atomic E-state index is 11.6. The lowest BCUT2D eigenvalue weighted by Gasteiger charge is -2.15. The zero-order chi connectivity index (χ0) is 10.8. The maximum atomic E-state index is 11.6. The van der Waals surface area contributed by atoms with Crippen LogP contribution >= 0.6 is 0 Å². The summed E-state index contributed by atoms with van der Waals surface area (Å²) in [6.45, 7) is 0. The number of para-hydroxylation sites is 1. The molecular formula is C9H8N2O3S. The van der Waals surface area contributed by atoms with Crippen LogP contribution in [0, 0.1) is 0 Å². The maximum Gasteiger partial charge on any atom is 0.311 e. The summed E-state index contributed by atoms with van der Waals surface area (Å²) in [5, 5.41) is 11.4. The van der Waals surface area contributed by atoms with Gasteiger partial charge in [-0.15, -0.1) is 0 Å². The van der Waals surface area contributed by atoms with E-state index in [2.05, 4.69) is 9.71 Å². The molecule has 0 fully saturated rings. The van der Waals surface area contributed by atoms with Crippen LogP contribution in [0.3, 0.4) is 0 Å². The molecule has 1 aromatic rings. The van der Waals surface area contributed by atoms with Crippen LogP contribution in [0.5, 0.6) is 0 Å². The number of nitrogens with zero attached hydrogens (tertiary/aromatic N) is 1. The molecule has 0 radical (unpaired) electrons. The SMILES string of the molecule is O=C(O)CC1=NS(=O)c2ccccc2N1. The van der Waals surface area contributed by atoms with Crippen molar-refractivity contribution in [3.63, 3.8) is 0 Å². The molecule has 0 saturated carbocycles. The molecule has 5 nitrogen and oxygen atoms in total. The average molecular weight is 224 g/mol.